The predicted octanol–water partition coefficient (Wildman–Crippen LogP) is 4.00. The van der Waals surface area contributed by atoms with Gasteiger partial charge in [-0.15, -0.1) is 0 Å². The second kappa shape index (κ2) is 6.34. The van der Waals surface area contributed by atoms with Crippen LogP contribution in [0.2, 0.25) is 5.02 Å². The van der Waals surface area contributed by atoms with Gasteiger partial charge in [0, 0.05) is 5.69 Å². The van der Waals surface area contributed by atoms with E-state index in [-0.39, 0.29) is 16.3 Å². The summed E-state index contributed by atoms with van der Waals surface area (Å²) in [6.45, 7) is 0. The molecule has 24 heavy (non-hydrogen) atoms. The number of fused-ring (bicyclic) bond motifs is 1. The molecule has 0 atom stereocenters. The SMILES string of the molecule is O=C(Nc1ccc(O)c(Cl)c1)Nc1nc2ccc(C(=O)O)cc2s1. The minimum absolute atomic E-state index is 0.0805. The van der Waals surface area contributed by atoms with Crippen molar-refractivity contribution in [1.29, 1.82) is 0 Å². The van der Waals surface area contributed by atoms with E-state index in [9.17, 15) is 14.7 Å². The molecule has 0 bridgehead atoms. The first kappa shape index (κ1) is 16.0. The van der Waals surface area contributed by atoms with Crippen molar-refractivity contribution in [2.24, 2.45) is 0 Å². The zero-order valence-electron chi connectivity index (χ0n) is 11.9. The predicted molar refractivity (Wildman–Crippen MR) is 92.3 cm³/mol. The second-order valence-electron chi connectivity index (χ2n) is 4.75. The molecule has 0 aliphatic rings. The number of rotatable bonds is 3. The van der Waals surface area contributed by atoms with Crippen LogP contribution in [0.3, 0.4) is 0 Å². The number of carbonyl (C=O) groups excluding carboxylic acids is 1. The summed E-state index contributed by atoms with van der Waals surface area (Å²) in [6.07, 6.45) is 0. The molecule has 0 aliphatic carbocycles. The fourth-order valence-electron chi connectivity index (χ4n) is 1.96. The van der Waals surface area contributed by atoms with Gasteiger partial charge in [-0.05, 0) is 36.4 Å². The summed E-state index contributed by atoms with van der Waals surface area (Å²) < 4.78 is 0.651. The molecule has 0 spiro atoms. The molecule has 0 radical (unpaired) electrons. The zero-order chi connectivity index (χ0) is 17.3. The first-order valence-electron chi connectivity index (χ1n) is 6.63. The van der Waals surface area contributed by atoms with Crippen LogP contribution in [0.5, 0.6) is 5.75 Å². The van der Waals surface area contributed by atoms with E-state index in [4.69, 9.17) is 16.7 Å². The van der Waals surface area contributed by atoms with Crippen LogP contribution < -0.4 is 10.6 Å². The first-order chi connectivity index (χ1) is 11.4. The number of urea groups is 1. The quantitative estimate of drug-likeness (QED) is 0.525. The van der Waals surface area contributed by atoms with Gasteiger partial charge in [-0.1, -0.05) is 22.9 Å². The summed E-state index contributed by atoms with van der Waals surface area (Å²) in [5.41, 5.74) is 1.15. The van der Waals surface area contributed by atoms with E-state index < -0.39 is 12.0 Å². The van der Waals surface area contributed by atoms with Crippen molar-refractivity contribution in [2.45, 2.75) is 0 Å². The van der Waals surface area contributed by atoms with Crippen molar-refractivity contribution in [3.05, 3.63) is 47.0 Å². The van der Waals surface area contributed by atoms with Gasteiger partial charge in [0.2, 0.25) is 0 Å². The number of carboxylic acids is 1. The van der Waals surface area contributed by atoms with Crippen molar-refractivity contribution in [2.75, 3.05) is 10.6 Å². The number of carboxylic acid groups (broad SMARTS) is 1. The smallest absolute Gasteiger partial charge is 0.335 e. The second-order valence-corrected chi connectivity index (χ2v) is 6.19. The van der Waals surface area contributed by atoms with Crippen LogP contribution in [0.25, 0.3) is 10.2 Å². The third-order valence-corrected chi connectivity index (χ3v) is 4.30. The molecule has 0 aliphatic heterocycles. The highest BCUT2D eigenvalue weighted by Crippen LogP contribution is 2.28. The van der Waals surface area contributed by atoms with Gasteiger partial charge in [0.15, 0.2) is 5.13 Å². The molecule has 9 heteroatoms. The van der Waals surface area contributed by atoms with Gasteiger partial charge < -0.3 is 15.5 Å². The van der Waals surface area contributed by atoms with Crippen molar-refractivity contribution >= 4 is 56.0 Å². The molecule has 3 aromatic rings. The average Bonchev–Trinajstić information content (AvgIpc) is 2.91. The lowest BCUT2D eigenvalue weighted by Crippen LogP contribution is -2.19. The summed E-state index contributed by atoms with van der Waals surface area (Å²) in [5, 5.41) is 23.9. The summed E-state index contributed by atoms with van der Waals surface area (Å²) in [6, 6.07) is 8.27. The number of benzene rings is 2. The van der Waals surface area contributed by atoms with E-state index >= 15 is 0 Å². The normalized spacial score (nSPS) is 10.5. The number of hydrogen-bond donors (Lipinski definition) is 4. The Morgan fingerprint density at radius 1 is 1.12 bits per heavy atom. The van der Waals surface area contributed by atoms with Crippen LogP contribution in [0, 0.1) is 0 Å². The topological polar surface area (TPSA) is 112 Å². The van der Waals surface area contributed by atoms with Crippen LogP contribution in [0.15, 0.2) is 36.4 Å². The fraction of sp³-hybridized carbons (Fsp3) is 0. The molecule has 2 aromatic carbocycles. The van der Waals surface area contributed by atoms with E-state index in [1.807, 2.05) is 0 Å². The van der Waals surface area contributed by atoms with Gasteiger partial charge in [-0.2, -0.15) is 0 Å². The Bertz CT molecular complexity index is 957. The Balaban J connectivity index is 1.75. The Hall–Kier alpha value is -2.84. The standard InChI is InChI=1S/C15H10ClN3O4S/c16-9-6-8(2-4-11(9)20)17-14(23)19-15-18-10-3-1-7(13(21)22)5-12(10)24-15/h1-6,20H,(H,21,22)(H2,17,18,19,23). The number of amides is 2. The molecule has 122 valence electrons. The number of anilines is 2. The Kier molecular flexibility index (Phi) is 4.24. The number of aromatic hydroxyl groups is 1. The molecule has 0 saturated carbocycles. The van der Waals surface area contributed by atoms with Gasteiger partial charge in [-0.3, -0.25) is 5.32 Å². The molecule has 0 saturated heterocycles. The van der Waals surface area contributed by atoms with Gasteiger partial charge >= 0.3 is 12.0 Å². The summed E-state index contributed by atoms with van der Waals surface area (Å²) >= 11 is 6.93. The number of nitrogens with one attached hydrogen (secondary N) is 2. The first-order valence-corrected chi connectivity index (χ1v) is 7.82. The largest absolute Gasteiger partial charge is 0.506 e. The number of nitrogens with zero attached hydrogens (tertiary/aromatic N) is 1. The lowest BCUT2D eigenvalue weighted by molar-refractivity contribution is 0.0697. The maximum Gasteiger partial charge on any atom is 0.335 e. The Morgan fingerprint density at radius 3 is 2.62 bits per heavy atom. The minimum atomic E-state index is -1.03. The number of phenols is 1. The zero-order valence-corrected chi connectivity index (χ0v) is 13.5. The van der Waals surface area contributed by atoms with E-state index in [1.54, 1.807) is 6.07 Å². The molecule has 4 N–H and O–H groups in total. The maximum atomic E-state index is 12.0. The lowest BCUT2D eigenvalue weighted by Gasteiger charge is -2.06. The third-order valence-electron chi connectivity index (χ3n) is 3.06. The molecule has 0 fully saturated rings. The van der Waals surface area contributed by atoms with Crippen molar-refractivity contribution < 1.29 is 19.8 Å². The summed E-state index contributed by atoms with van der Waals surface area (Å²) in [5.74, 6) is -1.11. The van der Waals surface area contributed by atoms with Gasteiger partial charge in [0.05, 0.1) is 20.8 Å². The van der Waals surface area contributed by atoms with Gasteiger partial charge in [0.25, 0.3) is 0 Å². The van der Waals surface area contributed by atoms with Crippen molar-refractivity contribution in [3.8, 4) is 5.75 Å². The average molecular weight is 364 g/mol. The van der Waals surface area contributed by atoms with Crippen molar-refractivity contribution in [1.82, 2.24) is 4.98 Å². The fourth-order valence-corrected chi connectivity index (χ4v) is 3.04. The Morgan fingerprint density at radius 2 is 1.92 bits per heavy atom. The minimum Gasteiger partial charge on any atom is -0.506 e. The summed E-state index contributed by atoms with van der Waals surface area (Å²) in [7, 11) is 0. The summed E-state index contributed by atoms with van der Waals surface area (Å²) in [4.78, 5) is 27.1. The molecule has 0 unspecified atom stereocenters. The number of phenolic OH excluding ortho intramolecular Hbond substituents is 1. The van der Waals surface area contributed by atoms with Gasteiger partial charge in [0.1, 0.15) is 5.75 Å². The van der Waals surface area contributed by atoms with E-state index in [0.29, 0.717) is 21.0 Å². The maximum absolute atomic E-state index is 12.0. The molecule has 7 nitrogen and oxygen atoms in total. The Labute approximate surface area is 144 Å². The number of hydrogen-bond acceptors (Lipinski definition) is 5. The molecule has 2 amide bonds. The van der Waals surface area contributed by atoms with Crippen LogP contribution >= 0.6 is 22.9 Å². The molecular weight excluding hydrogens is 354 g/mol. The number of aromatic carboxylic acids is 1. The molecular formula is C15H10ClN3O4S. The van der Waals surface area contributed by atoms with E-state index in [1.165, 1.54) is 30.3 Å². The number of carbonyl (C=O) groups is 2. The van der Waals surface area contributed by atoms with Gasteiger partial charge in [-0.25, -0.2) is 14.6 Å². The van der Waals surface area contributed by atoms with Crippen molar-refractivity contribution in [3.63, 3.8) is 0 Å². The van der Waals surface area contributed by atoms with Crippen LogP contribution in [0.4, 0.5) is 15.6 Å². The molecule has 3 rings (SSSR count). The number of thiazole rings is 1. The van der Waals surface area contributed by atoms with E-state index in [2.05, 4.69) is 15.6 Å². The highest BCUT2D eigenvalue weighted by molar-refractivity contribution is 7.22. The highest BCUT2D eigenvalue weighted by Gasteiger charge is 2.11. The van der Waals surface area contributed by atoms with Crippen LogP contribution in [-0.2, 0) is 0 Å². The number of aromatic nitrogens is 1. The molecule has 1 heterocycles. The lowest BCUT2D eigenvalue weighted by atomic mass is 10.2. The van der Waals surface area contributed by atoms with E-state index in [0.717, 1.165) is 11.3 Å². The van der Waals surface area contributed by atoms with Crippen LogP contribution in [0.1, 0.15) is 10.4 Å². The molecule has 1 aromatic heterocycles. The third kappa shape index (κ3) is 3.39. The monoisotopic (exact) mass is 363 g/mol. The number of halogens is 1. The van der Waals surface area contributed by atoms with Crippen LogP contribution in [-0.4, -0.2) is 27.2 Å². The highest BCUT2D eigenvalue weighted by atomic mass is 35.5.